The van der Waals surface area contributed by atoms with E-state index in [4.69, 9.17) is 28.1 Å². The van der Waals surface area contributed by atoms with E-state index in [2.05, 4.69) is 0 Å². The zero-order valence-corrected chi connectivity index (χ0v) is 18.1. The summed E-state index contributed by atoms with van der Waals surface area (Å²) in [6, 6.07) is 16.3. The smallest absolute Gasteiger partial charge is 0.351 e. The maximum Gasteiger partial charge on any atom is 0.351 e. The molecule has 0 fully saturated rings. The molecule has 0 aliphatic heterocycles. The molecule has 0 unspecified atom stereocenters. The van der Waals surface area contributed by atoms with Crippen LogP contribution in [0.25, 0.3) is 11.0 Å². The lowest BCUT2D eigenvalue weighted by atomic mass is 10.1. The third kappa shape index (κ3) is 4.31. The maximum atomic E-state index is 12.9. The Bertz CT molecular complexity index is 1350. The lowest BCUT2D eigenvalue weighted by Crippen LogP contribution is -2.12. The van der Waals surface area contributed by atoms with Gasteiger partial charge in [0.25, 0.3) is 0 Å². The summed E-state index contributed by atoms with van der Waals surface area (Å²) in [7, 11) is 4.40. The minimum Gasteiger partial charge on any atom is -0.496 e. The highest BCUT2D eigenvalue weighted by molar-refractivity contribution is 5.97. The molecule has 4 rings (SSSR count). The number of methoxy groups -OCH3 is 3. The predicted octanol–water partition coefficient (Wildman–Crippen LogP) is 4.83. The normalized spacial score (nSPS) is 10.5. The van der Waals surface area contributed by atoms with E-state index in [1.165, 1.54) is 45.8 Å². The van der Waals surface area contributed by atoms with Crippen LogP contribution < -0.4 is 29.1 Å². The Balaban J connectivity index is 1.63. The molecular formula is C25H20O8. The summed E-state index contributed by atoms with van der Waals surface area (Å²) in [6.45, 7) is 0. The van der Waals surface area contributed by atoms with Gasteiger partial charge in [-0.2, -0.15) is 0 Å². The summed E-state index contributed by atoms with van der Waals surface area (Å²) in [5.74, 6) is 0.975. The van der Waals surface area contributed by atoms with E-state index in [9.17, 15) is 9.59 Å². The molecule has 0 saturated carbocycles. The summed E-state index contributed by atoms with van der Waals surface area (Å²) < 4.78 is 32.5. The van der Waals surface area contributed by atoms with Gasteiger partial charge in [0.1, 0.15) is 34.7 Å². The molecule has 0 aliphatic carbocycles. The largest absolute Gasteiger partial charge is 0.496 e. The fourth-order valence-corrected chi connectivity index (χ4v) is 3.26. The zero-order chi connectivity index (χ0) is 23.4. The van der Waals surface area contributed by atoms with Gasteiger partial charge in [0, 0.05) is 6.07 Å². The molecule has 4 aromatic rings. The van der Waals surface area contributed by atoms with Crippen molar-refractivity contribution in [1.82, 2.24) is 0 Å². The number of hydrogen-bond acceptors (Lipinski definition) is 8. The minimum absolute atomic E-state index is 0.00416. The Kier molecular flexibility index (Phi) is 6.17. The van der Waals surface area contributed by atoms with Crippen LogP contribution in [0.5, 0.6) is 34.5 Å². The predicted molar refractivity (Wildman–Crippen MR) is 120 cm³/mol. The van der Waals surface area contributed by atoms with E-state index in [1.807, 2.05) is 0 Å². The van der Waals surface area contributed by atoms with Crippen LogP contribution >= 0.6 is 0 Å². The van der Waals surface area contributed by atoms with Gasteiger partial charge in [-0.3, -0.25) is 4.79 Å². The van der Waals surface area contributed by atoms with Gasteiger partial charge in [0.05, 0.1) is 26.7 Å². The molecule has 0 bridgehead atoms. The molecule has 0 spiro atoms. The number of benzene rings is 3. The van der Waals surface area contributed by atoms with E-state index < -0.39 is 5.97 Å². The van der Waals surface area contributed by atoms with Gasteiger partial charge in [0.2, 0.25) is 11.2 Å². The number of para-hydroxylation sites is 2. The van der Waals surface area contributed by atoms with Crippen LogP contribution in [0.4, 0.5) is 0 Å². The van der Waals surface area contributed by atoms with Gasteiger partial charge in [0.15, 0.2) is 11.5 Å². The van der Waals surface area contributed by atoms with E-state index in [0.29, 0.717) is 23.0 Å². The molecular weight excluding hydrogens is 428 g/mol. The number of rotatable bonds is 7. The van der Waals surface area contributed by atoms with Crippen molar-refractivity contribution in [2.45, 2.75) is 0 Å². The second-order valence-electron chi connectivity index (χ2n) is 6.77. The third-order valence-corrected chi connectivity index (χ3v) is 4.85. The number of carbonyl (C=O) groups is 1. The number of hydrogen-bond donors (Lipinski definition) is 0. The topological polar surface area (TPSA) is 93.4 Å². The van der Waals surface area contributed by atoms with Gasteiger partial charge < -0.3 is 28.1 Å². The Morgan fingerprint density at radius 3 is 2.06 bits per heavy atom. The first-order valence-electron chi connectivity index (χ1n) is 9.85. The molecule has 33 heavy (non-hydrogen) atoms. The first-order valence-corrected chi connectivity index (χ1v) is 9.85. The van der Waals surface area contributed by atoms with E-state index >= 15 is 0 Å². The highest BCUT2D eigenvalue weighted by Crippen LogP contribution is 2.32. The molecule has 1 aromatic heterocycles. The van der Waals surface area contributed by atoms with Crippen molar-refractivity contribution >= 4 is 16.9 Å². The van der Waals surface area contributed by atoms with Gasteiger partial charge in [-0.25, -0.2) is 4.79 Å². The molecule has 8 heteroatoms. The van der Waals surface area contributed by atoms with Crippen molar-refractivity contribution < 1.29 is 32.9 Å². The SMILES string of the molecule is COc1ccccc1Oc1coc2cc(OC(=O)c3c(OC)cccc3OC)ccc2c1=O. The molecule has 0 saturated heterocycles. The third-order valence-electron chi connectivity index (χ3n) is 4.85. The van der Waals surface area contributed by atoms with Gasteiger partial charge in [-0.1, -0.05) is 18.2 Å². The molecule has 168 valence electrons. The van der Waals surface area contributed by atoms with E-state index in [-0.39, 0.29) is 33.5 Å². The summed E-state index contributed by atoms with van der Waals surface area (Å²) in [6.07, 6.45) is 1.20. The van der Waals surface area contributed by atoms with Crippen LogP contribution in [0.3, 0.4) is 0 Å². The summed E-state index contributed by atoms with van der Waals surface area (Å²) >= 11 is 0. The van der Waals surface area contributed by atoms with Crippen LogP contribution in [0.15, 0.2) is 76.1 Å². The van der Waals surface area contributed by atoms with Gasteiger partial charge in [-0.15, -0.1) is 0 Å². The average molecular weight is 448 g/mol. The second-order valence-corrected chi connectivity index (χ2v) is 6.77. The monoisotopic (exact) mass is 448 g/mol. The van der Waals surface area contributed by atoms with Crippen LogP contribution in [-0.4, -0.2) is 27.3 Å². The van der Waals surface area contributed by atoms with Crippen molar-refractivity contribution in [3.8, 4) is 34.5 Å². The minimum atomic E-state index is -0.679. The molecule has 0 amide bonds. The first kappa shape index (κ1) is 21.8. The Hall–Kier alpha value is -4.46. The number of carbonyl (C=O) groups excluding carboxylic acids is 1. The number of fused-ring (bicyclic) bond motifs is 1. The van der Waals surface area contributed by atoms with Gasteiger partial charge in [-0.05, 0) is 36.4 Å². The highest BCUT2D eigenvalue weighted by Gasteiger charge is 2.21. The molecule has 0 N–H and O–H groups in total. The zero-order valence-electron chi connectivity index (χ0n) is 18.1. The van der Waals surface area contributed by atoms with E-state index in [1.54, 1.807) is 42.5 Å². The van der Waals surface area contributed by atoms with Gasteiger partial charge >= 0.3 is 5.97 Å². The van der Waals surface area contributed by atoms with Crippen molar-refractivity contribution in [2.24, 2.45) is 0 Å². The van der Waals surface area contributed by atoms with Crippen molar-refractivity contribution in [1.29, 1.82) is 0 Å². The van der Waals surface area contributed by atoms with Crippen molar-refractivity contribution in [2.75, 3.05) is 21.3 Å². The Morgan fingerprint density at radius 2 is 1.39 bits per heavy atom. The maximum absolute atomic E-state index is 12.9. The summed E-state index contributed by atoms with van der Waals surface area (Å²) in [5.41, 5.74) is -0.0132. The fraction of sp³-hybridized carbons (Fsp3) is 0.120. The molecule has 0 aliphatic rings. The lowest BCUT2D eigenvalue weighted by molar-refractivity contribution is 0.0727. The quantitative estimate of drug-likeness (QED) is 0.293. The Morgan fingerprint density at radius 1 is 0.758 bits per heavy atom. The molecule has 0 radical (unpaired) electrons. The lowest BCUT2D eigenvalue weighted by Gasteiger charge is -2.12. The first-order chi connectivity index (χ1) is 16.0. The molecule has 1 heterocycles. The summed E-state index contributed by atoms with van der Waals surface area (Å²) in [4.78, 5) is 25.7. The summed E-state index contributed by atoms with van der Waals surface area (Å²) in [5, 5.41) is 0.261. The van der Waals surface area contributed by atoms with E-state index in [0.717, 1.165) is 0 Å². The second kappa shape index (κ2) is 9.35. The van der Waals surface area contributed by atoms with Crippen molar-refractivity contribution in [3.05, 3.63) is 82.7 Å². The van der Waals surface area contributed by atoms with Crippen molar-refractivity contribution in [3.63, 3.8) is 0 Å². The molecule has 8 nitrogen and oxygen atoms in total. The fourth-order valence-electron chi connectivity index (χ4n) is 3.26. The number of esters is 1. The van der Waals surface area contributed by atoms with Crippen LogP contribution in [0, 0.1) is 0 Å². The average Bonchev–Trinajstić information content (AvgIpc) is 2.85. The number of ether oxygens (including phenoxy) is 5. The van der Waals surface area contributed by atoms with Crippen LogP contribution in [0.1, 0.15) is 10.4 Å². The molecule has 3 aromatic carbocycles. The van der Waals surface area contributed by atoms with Crippen LogP contribution in [-0.2, 0) is 0 Å². The van der Waals surface area contributed by atoms with Crippen LogP contribution in [0.2, 0.25) is 0 Å². The molecule has 0 atom stereocenters. The Labute approximate surface area is 188 Å². The standard InChI is InChI=1S/C25H20O8/c1-28-17-7-4-5-8-18(17)33-22-14-31-21-13-15(11-12-16(21)24(22)26)32-25(27)23-19(29-2)9-6-10-20(23)30-3/h4-14H,1-3H3. The highest BCUT2D eigenvalue weighted by atomic mass is 16.5.